The molecule has 5 nitrogen and oxygen atoms in total. The summed E-state index contributed by atoms with van der Waals surface area (Å²) < 4.78 is 0. The number of barbiturate groups is 1. The molecule has 1 saturated heterocycles. The molecule has 1 aliphatic carbocycles. The number of nitrogens with one attached hydrogen (secondary N) is 1. The average molecular weight is 278 g/mol. The van der Waals surface area contributed by atoms with E-state index in [0.29, 0.717) is 12.8 Å². The van der Waals surface area contributed by atoms with Gasteiger partial charge < -0.3 is 0 Å². The fraction of sp³-hybridized carbons (Fsp3) is 0.462. The fourth-order valence-corrected chi connectivity index (χ4v) is 3.34. The summed E-state index contributed by atoms with van der Waals surface area (Å²) in [5, 5.41) is 2.30. The predicted molar refractivity (Wildman–Crippen MR) is 69.5 cm³/mol. The van der Waals surface area contributed by atoms with E-state index in [1.807, 2.05) is 26.0 Å². The third kappa shape index (κ3) is 1.70. The first kappa shape index (κ1) is 12.3. The molecule has 1 aliphatic heterocycles. The lowest BCUT2D eigenvalue weighted by atomic mass is 10.0. The van der Waals surface area contributed by atoms with Gasteiger partial charge in [-0.3, -0.25) is 19.8 Å². The van der Waals surface area contributed by atoms with Crippen molar-refractivity contribution in [1.29, 1.82) is 0 Å². The quantitative estimate of drug-likeness (QED) is 0.841. The molecule has 1 atom stereocenters. The Morgan fingerprint density at radius 2 is 2.00 bits per heavy atom. The largest absolute Gasteiger partial charge is 0.331 e. The zero-order valence-corrected chi connectivity index (χ0v) is 11.5. The van der Waals surface area contributed by atoms with Crippen LogP contribution in [0.3, 0.4) is 0 Å². The average Bonchev–Trinajstić information content (AvgIpc) is 3.04. The second kappa shape index (κ2) is 3.90. The van der Waals surface area contributed by atoms with Crippen LogP contribution in [0, 0.1) is 12.3 Å². The van der Waals surface area contributed by atoms with Gasteiger partial charge in [0, 0.05) is 9.75 Å². The van der Waals surface area contributed by atoms with Crippen molar-refractivity contribution in [1.82, 2.24) is 10.2 Å². The van der Waals surface area contributed by atoms with Crippen molar-refractivity contribution in [2.45, 2.75) is 32.7 Å². The van der Waals surface area contributed by atoms with Crippen molar-refractivity contribution < 1.29 is 14.4 Å². The maximum atomic E-state index is 12.4. The molecule has 3 rings (SSSR count). The van der Waals surface area contributed by atoms with Crippen LogP contribution in [0.15, 0.2) is 12.1 Å². The van der Waals surface area contributed by atoms with Gasteiger partial charge in [-0.2, -0.15) is 0 Å². The highest BCUT2D eigenvalue weighted by Gasteiger charge is 2.62. The Hall–Kier alpha value is -1.69. The normalized spacial score (nSPS) is 22.6. The minimum absolute atomic E-state index is 0.336. The van der Waals surface area contributed by atoms with Crippen molar-refractivity contribution in [3.63, 3.8) is 0 Å². The Kier molecular flexibility index (Phi) is 2.53. The molecule has 2 heterocycles. The lowest BCUT2D eigenvalue weighted by Gasteiger charge is -2.34. The molecule has 19 heavy (non-hydrogen) atoms. The van der Waals surface area contributed by atoms with Crippen molar-refractivity contribution >= 4 is 29.2 Å². The number of thiophene rings is 1. The van der Waals surface area contributed by atoms with Gasteiger partial charge in [-0.15, -0.1) is 11.3 Å². The molecule has 1 aromatic rings. The van der Waals surface area contributed by atoms with Crippen LogP contribution in [0.25, 0.3) is 0 Å². The van der Waals surface area contributed by atoms with Crippen molar-refractivity contribution in [2.24, 2.45) is 5.41 Å². The Morgan fingerprint density at radius 3 is 2.53 bits per heavy atom. The number of nitrogens with zero attached hydrogens (tertiary/aromatic N) is 1. The van der Waals surface area contributed by atoms with Crippen molar-refractivity contribution in [3.8, 4) is 0 Å². The van der Waals surface area contributed by atoms with Crippen LogP contribution in [0.4, 0.5) is 4.79 Å². The highest BCUT2D eigenvalue weighted by atomic mass is 32.1. The second-order valence-electron chi connectivity index (χ2n) is 5.14. The number of imide groups is 2. The molecule has 1 saturated carbocycles. The van der Waals surface area contributed by atoms with Gasteiger partial charge in [-0.05, 0) is 38.8 Å². The first-order valence-electron chi connectivity index (χ1n) is 6.21. The van der Waals surface area contributed by atoms with Gasteiger partial charge in [-0.25, -0.2) is 4.79 Å². The van der Waals surface area contributed by atoms with Crippen LogP contribution in [-0.4, -0.2) is 22.7 Å². The molecular weight excluding hydrogens is 264 g/mol. The van der Waals surface area contributed by atoms with Crippen molar-refractivity contribution in [3.05, 3.63) is 21.9 Å². The number of carbonyl (C=O) groups excluding carboxylic acids is 3. The van der Waals surface area contributed by atoms with Gasteiger partial charge in [-0.1, -0.05) is 0 Å². The zero-order valence-electron chi connectivity index (χ0n) is 10.7. The molecule has 6 heteroatoms. The molecule has 0 radical (unpaired) electrons. The molecule has 100 valence electrons. The van der Waals surface area contributed by atoms with E-state index in [9.17, 15) is 14.4 Å². The summed E-state index contributed by atoms with van der Waals surface area (Å²) >= 11 is 1.56. The number of rotatable bonds is 2. The number of hydrogen-bond donors (Lipinski definition) is 1. The lowest BCUT2D eigenvalue weighted by Crippen LogP contribution is -2.59. The third-order valence-corrected chi connectivity index (χ3v) is 4.98. The Bertz CT molecular complexity index is 588. The third-order valence-electron chi connectivity index (χ3n) is 3.81. The van der Waals surface area contributed by atoms with E-state index in [1.165, 1.54) is 4.90 Å². The highest BCUT2D eigenvalue weighted by Crippen LogP contribution is 2.50. The maximum absolute atomic E-state index is 12.4. The van der Waals surface area contributed by atoms with Gasteiger partial charge >= 0.3 is 6.03 Å². The summed E-state index contributed by atoms with van der Waals surface area (Å²) in [5.41, 5.74) is -0.964. The predicted octanol–water partition coefficient (Wildman–Crippen LogP) is 1.98. The van der Waals surface area contributed by atoms with Crippen LogP contribution >= 0.6 is 11.3 Å². The van der Waals surface area contributed by atoms with Gasteiger partial charge in [0.15, 0.2) is 0 Å². The standard InChI is InChI=1S/C13H14N2O3S/c1-7-3-4-9(19-7)8(2)15-11(17)13(5-6-13)10(16)14-12(15)18/h3-4,8H,5-6H2,1-2H3,(H,14,16,18). The van der Waals surface area contributed by atoms with Gasteiger partial charge in [0.05, 0.1) is 6.04 Å². The van der Waals surface area contributed by atoms with Crippen molar-refractivity contribution in [2.75, 3.05) is 0 Å². The monoisotopic (exact) mass is 278 g/mol. The van der Waals surface area contributed by atoms with Gasteiger partial charge in [0.25, 0.3) is 0 Å². The lowest BCUT2D eigenvalue weighted by molar-refractivity contribution is -0.146. The number of urea groups is 1. The van der Waals surface area contributed by atoms with E-state index in [2.05, 4.69) is 5.32 Å². The summed E-state index contributed by atoms with van der Waals surface area (Å²) in [7, 11) is 0. The van der Waals surface area contributed by atoms with Gasteiger partial charge in [0.2, 0.25) is 11.8 Å². The second-order valence-corrected chi connectivity index (χ2v) is 6.46. The number of aryl methyl sites for hydroxylation is 1. The molecule has 1 aromatic heterocycles. The fourth-order valence-electron chi connectivity index (χ4n) is 2.42. The van der Waals surface area contributed by atoms with Crippen LogP contribution in [0.5, 0.6) is 0 Å². The SMILES string of the molecule is Cc1ccc(C(C)N2C(=O)NC(=O)C3(CC3)C2=O)s1. The Balaban J connectivity index is 1.93. The van der Waals surface area contributed by atoms with E-state index in [-0.39, 0.29) is 11.9 Å². The van der Waals surface area contributed by atoms with E-state index >= 15 is 0 Å². The topological polar surface area (TPSA) is 66.5 Å². The zero-order chi connectivity index (χ0) is 13.8. The Labute approximate surface area is 114 Å². The minimum atomic E-state index is -0.964. The molecule has 2 aliphatic rings. The minimum Gasteiger partial charge on any atom is -0.277 e. The summed E-state index contributed by atoms with van der Waals surface area (Å²) in [6.07, 6.45) is 1.08. The molecule has 1 N–H and O–H groups in total. The maximum Gasteiger partial charge on any atom is 0.331 e. The molecule has 1 unspecified atom stereocenters. The molecule has 0 aromatic carbocycles. The van der Waals surface area contributed by atoms with E-state index < -0.39 is 17.4 Å². The van der Waals surface area contributed by atoms with Crippen LogP contribution in [0.2, 0.25) is 0 Å². The first-order chi connectivity index (χ1) is 8.95. The smallest absolute Gasteiger partial charge is 0.277 e. The van der Waals surface area contributed by atoms with Gasteiger partial charge in [0.1, 0.15) is 5.41 Å². The Morgan fingerprint density at radius 1 is 1.32 bits per heavy atom. The van der Waals surface area contributed by atoms with Crippen LogP contribution < -0.4 is 5.32 Å². The summed E-state index contributed by atoms with van der Waals surface area (Å²) in [4.78, 5) is 39.3. The summed E-state index contributed by atoms with van der Waals surface area (Å²) in [6, 6.07) is 2.94. The first-order valence-corrected chi connectivity index (χ1v) is 7.03. The number of carbonyl (C=O) groups is 3. The van der Waals surface area contributed by atoms with Crippen LogP contribution in [0.1, 0.15) is 35.6 Å². The number of hydrogen-bond acceptors (Lipinski definition) is 4. The van der Waals surface area contributed by atoms with Crippen LogP contribution in [-0.2, 0) is 9.59 Å². The number of amides is 4. The summed E-state index contributed by atoms with van der Waals surface area (Å²) in [5.74, 6) is -0.784. The molecule has 2 fully saturated rings. The van der Waals surface area contributed by atoms with E-state index in [1.54, 1.807) is 11.3 Å². The molecular formula is C13H14N2O3S. The van der Waals surface area contributed by atoms with E-state index in [0.717, 1.165) is 9.75 Å². The summed E-state index contributed by atoms with van der Waals surface area (Å²) in [6.45, 7) is 3.79. The molecule has 0 bridgehead atoms. The van der Waals surface area contributed by atoms with E-state index in [4.69, 9.17) is 0 Å². The highest BCUT2D eigenvalue weighted by molar-refractivity contribution is 7.12. The molecule has 4 amide bonds. The molecule has 1 spiro atoms.